The van der Waals surface area contributed by atoms with Crippen molar-refractivity contribution in [1.29, 1.82) is 0 Å². The summed E-state index contributed by atoms with van der Waals surface area (Å²) in [5, 5.41) is 7.19. The molecule has 0 unspecified atom stereocenters. The Labute approximate surface area is 100 Å². The van der Waals surface area contributed by atoms with E-state index in [-0.39, 0.29) is 0 Å². The van der Waals surface area contributed by atoms with E-state index in [4.69, 9.17) is 23.8 Å². The van der Waals surface area contributed by atoms with E-state index >= 15 is 0 Å². The monoisotopic (exact) mass is 240 g/mol. The summed E-state index contributed by atoms with van der Waals surface area (Å²) in [5.41, 5.74) is 1.93. The summed E-state index contributed by atoms with van der Waals surface area (Å²) in [6.07, 6.45) is 1.74. The summed E-state index contributed by atoms with van der Waals surface area (Å²) in [4.78, 5) is 0. The van der Waals surface area contributed by atoms with Crippen molar-refractivity contribution >= 4 is 34.6 Å². The third kappa shape index (κ3) is 3.90. The first-order valence-electron chi connectivity index (χ1n) is 4.55. The zero-order valence-electron chi connectivity index (χ0n) is 8.51. The number of nitrogens with one attached hydrogen (secondary N) is 2. The Hall–Kier alpha value is -1.06. The summed E-state index contributed by atoms with van der Waals surface area (Å²) in [5.74, 6) is 0. The number of anilines is 1. The Morgan fingerprint density at radius 1 is 1.60 bits per heavy atom. The van der Waals surface area contributed by atoms with Gasteiger partial charge >= 0.3 is 0 Å². The van der Waals surface area contributed by atoms with E-state index in [1.54, 1.807) is 6.08 Å². The van der Waals surface area contributed by atoms with Crippen LogP contribution in [-0.4, -0.2) is 11.7 Å². The van der Waals surface area contributed by atoms with Crippen LogP contribution in [0.2, 0.25) is 5.02 Å². The van der Waals surface area contributed by atoms with Crippen LogP contribution in [0.4, 0.5) is 5.69 Å². The maximum absolute atomic E-state index is 6.04. The van der Waals surface area contributed by atoms with Gasteiger partial charge in [0.2, 0.25) is 0 Å². The van der Waals surface area contributed by atoms with Crippen molar-refractivity contribution in [3.63, 3.8) is 0 Å². The second kappa shape index (κ2) is 5.73. The first kappa shape index (κ1) is 12.0. The Morgan fingerprint density at radius 2 is 2.33 bits per heavy atom. The maximum Gasteiger partial charge on any atom is 0.171 e. The van der Waals surface area contributed by atoms with Crippen LogP contribution in [-0.2, 0) is 0 Å². The molecule has 0 aromatic heterocycles. The Morgan fingerprint density at radius 3 is 2.93 bits per heavy atom. The summed E-state index contributed by atoms with van der Waals surface area (Å²) in [7, 11) is 0. The Balaban J connectivity index is 2.64. The highest BCUT2D eigenvalue weighted by Crippen LogP contribution is 2.22. The molecule has 1 rings (SSSR count). The smallest absolute Gasteiger partial charge is 0.171 e. The number of hydrogen-bond acceptors (Lipinski definition) is 1. The quantitative estimate of drug-likeness (QED) is 0.627. The molecule has 0 aliphatic rings. The van der Waals surface area contributed by atoms with Crippen molar-refractivity contribution in [2.45, 2.75) is 6.92 Å². The van der Waals surface area contributed by atoms with Gasteiger partial charge in [-0.3, -0.25) is 0 Å². The molecule has 80 valence electrons. The van der Waals surface area contributed by atoms with Crippen molar-refractivity contribution in [2.75, 3.05) is 11.9 Å². The minimum Gasteiger partial charge on any atom is -0.359 e. The second-order valence-corrected chi connectivity index (χ2v) is 3.92. The first-order chi connectivity index (χ1) is 7.13. The third-order valence-corrected chi connectivity index (χ3v) is 2.34. The molecule has 0 aliphatic carbocycles. The fraction of sp³-hybridized carbons (Fsp3) is 0.182. The minimum absolute atomic E-state index is 0.542. The molecule has 1 aromatic carbocycles. The van der Waals surface area contributed by atoms with Crippen molar-refractivity contribution in [1.82, 2.24) is 5.32 Å². The predicted octanol–water partition coefficient (Wildman–Crippen LogP) is 3.12. The van der Waals surface area contributed by atoms with Crippen LogP contribution < -0.4 is 10.6 Å². The molecule has 1 aromatic rings. The molecule has 15 heavy (non-hydrogen) atoms. The lowest BCUT2D eigenvalue weighted by Gasteiger charge is -2.10. The average Bonchev–Trinajstić information content (AvgIpc) is 2.19. The van der Waals surface area contributed by atoms with Gasteiger partial charge in [-0.15, -0.1) is 6.58 Å². The molecular weight excluding hydrogens is 228 g/mol. The molecular formula is C11H13ClN2S. The van der Waals surface area contributed by atoms with Crippen LogP contribution in [0.5, 0.6) is 0 Å². The number of aryl methyl sites for hydroxylation is 1. The van der Waals surface area contributed by atoms with Crippen LogP contribution in [0.3, 0.4) is 0 Å². The highest BCUT2D eigenvalue weighted by Gasteiger charge is 2.01. The summed E-state index contributed by atoms with van der Waals surface area (Å²) >= 11 is 11.1. The van der Waals surface area contributed by atoms with Crippen LogP contribution >= 0.6 is 23.8 Å². The van der Waals surface area contributed by atoms with Gasteiger partial charge in [-0.25, -0.2) is 0 Å². The number of hydrogen-bond donors (Lipinski definition) is 2. The van der Waals surface area contributed by atoms with E-state index in [1.165, 1.54) is 0 Å². The van der Waals surface area contributed by atoms with Crippen LogP contribution in [0.25, 0.3) is 0 Å². The molecule has 0 saturated heterocycles. The van der Waals surface area contributed by atoms with Gasteiger partial charge in [0.1, 0.15) is 0 Å². The molecule has 0 aliphatic heterocycles. The standard InChI is InChI=1S/C11H13ClN2S/c1-3-6-13-11(15)14-10-5-4-8(2)7-9(10)12/h3-5,7H,1,6H2,2H3,(H2,13,14,15). The van der Waals surface area contributed by atoms with Gasteiger partial charge in [0.05, 0.1) is 10.7 Å². The lowest BCUT2D eigenvalue weighted by Crippen LogP contribution is -2.28. The Kier molecular flexibility index (Phi) is 4.59. The molecule has 2 N–H and O–H groups in total. The summed E-state index contributed by atoms with van der Waals surface area (Å²) < 4.78 is 0. The summed E-state index contributed by atoms with van der Waals surface area (Å²) in [6.45, 7) is 6.22. The zero-order chi connectivity index (χ0) is 11.3. The molecule has 2 nitrogen and oxygen atoms in total. The zero-order valence-corrected chi connectivity index (χ0v) is 10.1. The normalized spacial score (nSPS) is 9.47. The topological polar surface area (TPSA) is 24.1 Å². The lowest BCUT2D eigenvalue weighted by molar-refractivity contribution is 1.06. The van der Waals surface area contributed by atoms with Gasteiger partial charge < -0.3 is 10.6 Å². The van der Waals surface area contributed by atoms with Crippen LogP contribution in [0.1, 0.15) is 5.56 Å². The van der Waals surface area contributed by atoms with Crippen molar-refractivity contribution in [2.24, 2.45) is 0 Å². The molecule has 0 spiro atoms. The van der Waals surface area contributed by atoms with E-state index < -0.39 is 0 Å². The molecule has 0 saturated carbocycles. The number of halogens is 1. The van der Waals surface area contributed by atoms with E-state index in [9.17, 15) is 0 Å². The van der Waals surface area contributed by atoms with Crippen molar-refractivity contribution < 1.29 is 0 Å². The van der Waals surface area contributed by atoms with E-state index in [2.05, 4.69) is 17.2 Å². The third-order valence-electron chi connectivity index (χ3n) is 1.78. The van der Waals surface area contributed by atoms with E-state index in [1.807, 2.05) is 25.1 Å². The lowest BCUT2D eigenvalue weighted by atomic mass is 10.2. The SMILES string of the molecule is C=CCNC(=S)Nc1ccc(C)cc1Cl. The molecule has 4 heteroatoms. The van der Waals surface area contributed by atoms with Gasteiger partial charge in [0.15, 0.2) is 5.11 Å². The van der Waals surface area contributed by atoms with Gasteiger partial charge in [-0.1, -0.05) is 23.7 Å². The van der Waals surface area contributed by atoms with Gasteiger partial charge in [-0.2, -0.15) is 0 Å². The summed E-state index contributed by atoms with van der Waals surface area (Å²) in [6, 6.07) is 5.77. The maximum atomic E-state index is 6.04. The fourth-order valence-corrected chi connectivity index (χ4v) is 1.53. The van der Waals surface area contributed by atoms with Crippen LogP contribution in [0.15, 0.2) is 30.9 Å². The van der Waals surface area contributed by atoms with E-state index in [0.29, 0.717) is 16.7 Å². The average molecular weight is 241 g/mol. The van der Waals surface area contributed by atoms with Crippen LogP contribution in [0, 0.1) is 6.92 Å². The van der Waals surface area contributed by atoms with Gasteiger partial charge in [0.25, 0.3) is 0 Å². The highest BCUT2D eigenvalue weighted by molar-refractivity contribution is 7.80. The number of thiocarbonyl (C=S) groups is 1. The molecule has 0 fully saturated rings. The number of rotatable bonds is 3. The molecule has 0 radical (unpaired) electrons. The highest BCUT2D eigenvalue weighted by atomic mass is 35.5. The van der Waals surface area contributed by atoms with E-state index in [0.717, 1.165) is 11.3 Å². The minimum atomic E-state index is 0.542. The molecule has 0 heterocycles. The molecule has 0 atom stereocenters. The molecule has 0 bridgehead atoms. The first-order valence-corrected chi connectivity index (χ1v) is 5.34. The second-order valence-electron chi connectivity index (χ2n) is 3.11. The Bertz CT molecular complexity index is 377. The fourth-order valence-electron chi connectivity index (χ4n) is 1.05. The molecule has 0 amide bonds. The number of benzene rings is 1. The van der Waals surface area contributed by atoms with Gasteiger partial charge in [-0.05, 0) is 36.8 Å². The predicted molar refractivity (Wildman–Crippen MR) is 70.6 cm³/mol. The van der Waals surface area contributed by atoms with Gasteiger partial charge in [0, 0.05) is 6.54 Å². The van der Waals surface area contributed by atoms with Crippen molar-refractivity contribution in [3.05, 3.63) is 41.4 Å². The van der Waals surface area contributed by atoms with Crippen molar-refractivity contribution in [3.8, 4) is 0 Å². The largest absolute Gasteiger partial charge is 0.359 e.